The number of hydrogen-bond acceptors (Lipinski definition) is 5. The predicted molar refractivity (Wildman–Crippen MR) is 122 cm³/mol. The number of carbonyl (C=O) groups excluding carboxylic acids is 2. The normalized spacial score (nSPS) is 19.8. The summed E-state index contributed by atoms with van der Waals surface area (Å²) in [7, 11) is 1.62. The number of carbonyl (C=O) groups is 2. The van der Waals surface area contributed by atoms with E-state index in [9.17, 15) is 9.59 Å². The van der Waals surface area contributed by atoms with Gasteiger partial charge in [-0.2, -0.15) is 0 Å². The zero-order valence-electron chi connectivity index (χ0n) is 18.8. The third-order valence-electron chi connectivity index (χ3n) is 6.21. The zero-order valence-corrected chi connectivity index (χ0v) is 18.8. The molecule has 0 spiro atoms. The van der Waals surface area contributed by atoms with E-state index in [0.29, 0.717) is 19.5 Å². The second kappa shape index (κ2) is 9.44. The van der Waals surface area contributed by atoms with Crippen molar-refractivity contribution in [2.45, 2.75) is 45.3 Å². The van der Waals surface area contributed by atoms with E-state index in [4.69, 9.17) is 4.74 Å². The van der Waals surface area contributed by atoms with Crippen LogP contribution in [0.4, 0.5) is 0 Å². The molecule has 7 nitrogen and oxygen atoms in total. The number of ether oxygens (including phenoxy) is 1. The molecule has 2 aromatic rings. The Labute approximate surface area is 189 Å². The summed E-state index contributed by atoms with van der Waals surface area (Å²) in [4.78, 5) is 27.0. The van der Waals surface area contributed by atoms with Crippen LogP contribution in [0.3, 0.4) is 0 Å². The highest BCUT2D eigenvalue weighted by atomic mass is 16.5. The maximum Gasteiger partial charge on any atom is 0.250 e. The van der Waals surface area contributed by atoms with Crippen molar-refractivity contribution in [1.29, 1.82) is 0 Å². The summed E-state index contributed by atoms with van der Waals surface area (Å²) in [5, 5.41) is 4.80. The van der Waals surface area contributed by atoms with Crippen molar-refractivity contribution in [1.82, 2.24) is 20.7 Å². The average molecular weight is 435 g/mol. The van der Waals surface area contributed by atoms with Gasteiger partial charge in [-0.1, -0.05) is 30.3 Å². The van der Waals surface area contributed by atoms with Crippen molar-refractivity contribution in [3.05, 3.63) is 77.1 Å². The Bertz CT molecular complexity index is 1040. The number of benzene rings is 2. The largest absolute Gasteiger partial charge is 0.497 e. The monoisotopic (exact) mass is 434 g/mol. The lowest BCUT2D eigenvalue weighted by Gasteiger charge is -2.31. The number of methoxy groups -OCH3 is 1. The van der Waals surface area contributed by atoms with Crippen LogP contribution >= 0.6 is 0 Å². The fourth-order valence-corrected chi connectivity index (χ4v) is 4.11. The van der Waals surface area contributed by atoms with Gasteiger partial charge in [0, 0.05) is 31.9 Å². The van der Waals surface area contributed by atoms with Crippen LogP contribution in [0.2, 0.25) is 0 Å². The van der Waals surface area contributed by atoms with Crippen LogP contribution in [-0.2, 0) is 16.1 Å². The smallest absolute Gasteiger partial charge is 0.250 e. The Morgan fingerprint density at radius 3 is 2.78 bits per heavy atom. The molecule has 168 valence electrons. The van der Waals surface area contributed by atoms with Gasteiger partial charge in [0.2, 0.25) is 5.91 Å². The molecule has 2 unspecified atom stereocenters. The van der Waals surface area contributed by atoms with Crippen molar-refractivity contribution >= 4 is 11.8 Å². The summed E-state index contributed by atoms with van der Waals surface area (Å²) in [5.41, 5.74) is 8.09. The molecule has 4 rings (SSSR count). The Morgan fingerprint density at radius 1 is 1.16 bits per heavy atom. The Morgan fingerprint density at radius 2 is 2.00 bits per heavy atom. The second-order valence-corrected chi connectivity index (χ2v) is 8.39. The molecule has 2 amide bonds. The highest BCUT2D eigenvalue weighted by molar-refractivity contribution is 5.85. The first kappa shape index (κ1) is 21.9. The van der Waals surface area contributed by atoms with E-state index in [2.05, 4.69) is 42.8 Å². The minimum absolute atomic E-state index is 0.0203. The Kier molecular flexibility index (Phi) is 6.46. The molecule has 0 bridgehead atoms. The van der Waals surface area contributed by atoms with Gasteiger partial charge < -0.3 is 20.0 Å². The van der Waals surface area contributed by atoms with Crippen LogP contribution in [0.1, 0.15) is 41.1 Å². The number of aryl methyl sites for hydroxylation is 2. The summed E-state index contributed by atoms with van der Waals surface area (Å²) in [6.45, 7) is 4.99. The quantitative estimate of drug-likeness (QED) is 0.701. The van der Waals surface area contributed by atoms with E-state index in [0.717, 1.165) is 11.3 Å². The molecule has 0 saturated carbocycles. The average Bonchev–Trinajstić information content (AvgIpc) is 3.24. The minimum Gasteiger partial charge on any atom is -0.497 e. The number of nitrogens with zero attached hydrogens (tertiary/aromatic N) is 2. The summed E-state index contributed by atoms with van der Waals surface area (Å²) >= 11 is 0. The number of fused-ring (bicyclic) bond motifs is 1. The van der Waals surface area contributed by atoms with Crippen LogP contribution < -0.4 is 15.5 Å². The van der Waals surface area contributed by atoms with Gasteiger partial charge in [0.25, 0.3) is 5.91 Å². The highest BCUT2D eigenvalue weighted by Crippen LogP contribution is 2.31. The fourth-order valence-electron chi connectivity index (χ4n) is 4.11. The lowest BCUT2D eigenvalue weighted by atomic mass is 9.97. The summed E-state index contributed by atoms with van der Waals surface area (Å²) in [5.74, 6) is 0.690. The topological polar surface area (TPSA) is 73.9 Å². The van der Waals surface area contributed by atoms with Crippen LogP contribution in [-0.4, -0.2) is 41.4 Å². The molecule has 0 aromatic heterocycles. The summed E-state index contributed by atoms with van der Waals surface area (Å²) < 4.78 is 5.21. The van der Waals surface area contributed by atoms with E-state index >= 15 is 0 Å². The van der Waals surface area contributed by atoms with Gasteiger partial charge in [0.1, 0.15) is 11.8 Å². The highest BCUT2D eigenvalue weighted by Gasteiger charge is 2.39. The molecule has 2 N–H and O–H groups in total. The standard InChI is InChI=1S/C25H30N4O3/c1-17-7-8-20(13-18(17)2)22-15-23-25(31)28(11-12-29(23)27-22)10-9-24(30)26-16-19-5-4-6-21(14-19)32-3/h4-8,11-14,22-23,27H,9-10,15-16H2,1-3H3,(H,26,30). The first-order chi connectivity index (χ1) is 15.4. The molecule has 0 radical (unpaired) electrons. The van der Waals surface area contributed by atoms with E-state index in [1.165, 1.54) is 16.7 Å². The summed E-state index contributed by atoms with van der Waals surface area (Å²) in [6, 6.07) is 13.9. The maximum absolute atomic E-state index is 13.0. The first-order valence-electron chi connectivity index (χ1n) is 10.9. The van der Waals surface area contributed by atoms with Gasteiger partial charge in [-0.05, 0) is 54.7 Å². The van der Waals surface area contributed by atoms with E-state index in [1.807, 2.05) is 35.5 Å². The molecule has 0 aliphatic carbocycles. The number of hydrogen-bond donors (Lipinski definition) is 2. The zero-order chi connectivity index (χ0) is 22.7. The van der Waals surface area contributed by atoms with Gasteiger partial charge in [-0.15, -0.1) is 0 Å². The lowest BCUT2D eigenvalue weighted by molar-refractivity contribution is -0.134. The number of hydrazine groups is 1. The van der Waals surface area contributed by atoms with Crippen molar-refractivity contribution in [3.63, 3.8) is 0 Å². The number of amides is 2. The molecule has 2 atom stereocenters. The SMILES string of the molecule is COc1cccc(CNC(=O)CCN2C=CN3NC(c4ccc(C)c(C)c4)CC3C2=O)c1. The number of rotatable bonds is 7. The van der Waals surface area contributed by atoms with Crippen LogP contribution in [0.15, 0.2) is 54.9 Å². The molecule has 32 heavy (non-hydrogen) atoms. The molecule has 1 saturated heterocycles. The second-order valence-electron chi connectivity index (χ2n) is 8.39. The molecule has 2 aromatic carbocycles. The molecule has 7 heteroatoms. The van der Waals surface area contributed by atoms with Crippen molar-refractivity contribution in [3.8, 4) is 5.75 Å². The third-order valence-corrected chi connectivity index (χ3v) is 6.21. The van der Waals surface area contributed by atoms with Crippen LogP contribution in [0.25, 0.3) is 0 Å². The molecular formula is C25H30N4O3. The van der Waals surface area contributed by atoms with Crippen LogP contribution in [0.5, 0.6) is 5.75 Å². The summed E-state index contributed by atoms with van der Waals surface area (Å²) in [6.07, 6.45) is 4.59. The van der Waals surface area contributed by atoms with Crippen molar-refractivity contribution in [2.75, 3.05) is 13.7 Å². The van der Waals surface area contributed by atoms with Crippen molar-refractivity contribution < 1.29 is 14.3 Å². The van der Waals surface area contributed by atoms with Gasteiger partial charge in [-0.3, -0.25) is 9.59 Å². The first-order valence-corrected chi connectivity index (χ1v) is 10.9. The molecule has 2 heterocycles. The van der Waals surface area contributed by atoms with E-state index in [-0.39, 0.29) is 30.3 Å². The molecule has 1 fully saturated rings. The minimum atomic E-state index is -0.258. The predicted octanol–water partition coefficient (Wildman–Crippen LogP) is 2.95. The van der Waals surface area contributed by atoms with Crippen LogP contribution in [0, 0.1) is 13.8 Å². The van der Waals surface area contributed by atoms with Crippen molar-refractivity contribution in [2.24, 2.45) is 0 Å². The Hall–Kier alpha value is -3.32. The fraction of sp³-hybridized carbons (Fsp3) is 0.360. The van der Waals surface area contributed by atoms with Gasteiger partial charge in [-0.25, -0.2) is 5.43 Å². The van der Waals surface area contributed by atoms with E-state index < -0.39 is 0 Å². The number of nitrogens with one attached hydrogen (secondary N) is 2. The van der Waals surface area contributed by atoms with Gasteiger partial charge in [0.05, 0.1) is 13.2 Å². The lowest BCUT2D eigenvalue weighted by Crippen LogP contribution is -2.48. The van der Waals surface area contributed by atoms with E-state index in [1.54, 1.807) is 18.2 Å². The Balaban J connectivity index is 1.29. The third kappa shape index (κ3) is 4.78. The molecule has 2 aliphatic heterocycles. The molecular weight excluding hydrogens is 404 g/mol. The van der Waals surface area contributed by atoms with Gasteiger partial charge in [0.15, 0.2) is 0 Å². The maximum atomic E-state index is 13.0. The molecule has 2 aliphatic rings. The van der Waals surface area contributed by atoms with Gasteiger partial charge >= 0.3 is 0 Å².